The molecular formula is C14H26N2O5. The maximum Gasteiger partial charge on any atom is 0.329 e. The van der Waals surface area contributed by atoms with E-state index in [0.717, 1.165) is 6.42 Å². The minimum absolute atomic E-state index is 0.298. The van der Waals surface area contributed by atoms with Crippen molar-refractivity contribution in [3.8, 4) is 0 Å². The van der Waals surface area contributed by atoms with Crippen molar-refractivity contribution in [3.63, 3.8) is 0 Å². The van der Waals surface area contributed by atoms with Gasteiger partial charge in [0.15, 0.2) is 0 Å². The first-order valence-electron chi connectivity index (χ1n) is 7.44. The van der Waals surface area contributed by atoms with E-state index < -0.39 is 11.5 Å². The van der Waals surface area contributed by atoms with Crippen LogP contribution in [0, 0.1) is 0 Å². The standard InChI is InChI=1S/C14H26N2O5/c1-3-14(12(17)18)6-4-8-16(14)13(19)15-7-5-9-21-11-10-20-2/h3-11H2,1-2H3,(H,15,19)(H,17,18). The third-order valence-electron chi connectivity index (χ3n) is 3.89. The Bertz CT molecular complexity index is 350. The molecule has 7 heteroatoms. The van der Waals surface area contributed by atoms with E-state index in [0.29, 0.717) is 52.2 Å². The van der Waals surface area contributed by atoms with Crippen LogP contribution in [-0.4, -0.2) is 67.6 Å². The molecule has 1 aliphatic heterocycles. The van der Waals surface area contributed by atoms with Crippen LogP contribution in [0.3, 0.4) is 0 Å². The van der Waals surface area contributed by atoms with Gasteiger partial charge in [0.25, 0.3) is 0 Å². The monoisotopic (exact) mass is 302 g/mol. The molecule has 0 bridgehead atoms. The highest BCUT2D eigenvalue weighted by molar-refractivity contribution is 5.87. The number of methoxy groups -OCH3 is 1. The number of likely N-dealkylation sites (tertiary alicyclic amines) is 1. The van der Waals surface area contributed by atoms with Crippen molar-refractivity contribution in [2.24, 2.45) is 0 Å². The van der Waals surface area contributed by atoms with Gasteiger partial charge in [0.05, 0.1) is 13.2 Å². The molecule has 0 spiro atoms. The van der Waals surface area contributed by atoms with Crippen LogP contribution in [0.4, 0.5) is 4.79 Å². The van der Waals surface area contributed by atoms with E-state index in [1.807, 2.05) is 6.92 Å². The van der Waals surface area contributed by atoms with Gasteiger partial charge in [0.2, 0.25) is 0 Å². The van der Waals surface area contributed by atoms with Gasteiger partial charge >= 0.3 is 12.0 Å². The minimum Gasteiger partial charge on any atom is -0.479 e. The topological polar surface area (TPSA) is 88.1 Å². The molecule has 1 heterocycles. The van der Waals surface area contributed by atoms with Crippen LogP contribution >= 0.6 is 0 Å². The second-order valence-corrected chi connectivity index (χ2v) is 5.14. The highest BCUT2D eigenvalue weighted by Crippen LogP contribution is 2.32. The van der Waals surface area contributed by atoms with Gasteiger partial charge in [-0.05, 0) is 25.7 Å². The number of amides is 2. The summed E-state index contributed by atoms with van der Waals surface area (Å²) in [6.45, 7) is 4.41. The number of ether oxygens (including phenoxy) is 2. The Hall–Kier alpha value is -1.34. The molecule has 1 unspecified atom stereocenters. The Labute approximate surface area is 125 Å². The molecule has 1 saturated heterocycles. The number of urea groups is 1. The van der Waals surface area contributed by atoms with Crippen LogP contribution in [0.1, 0.15) is 32.6 Å². The maximum atomic E-state index is 12.2. The normalized spacial score (nSPS) is 21.5. The van der Waals surface area contributed by atoms with Gasteiger partial charge in [-0.1, -0.05) is 6.92 Å². The van der Waals surface area contributed by atoms with Crippen LogP contribution in [0.5, 0.6) is 0 Å². The van der Waals surface area contributed by atoms with Crippen molar-refractivity contribution in [1.82, 2.24) is 10.2 Å². The Morgan fingerprint density at radius 3 is 2.71 bits per heavy atom. The number of carboxylic acid groups (broad SMARTS) is 1. The molecule has 0 aromatic heterocycles. The average molecular weight is 302 g/mol. The third kappa shape index (κ3) is 4.57. The number of hydrogen-bond acceptors (Lipinski definition) is 4. The van der Waals surface area contributed by atoms with Crippen LogP contribution in [0.15, 0.2) is 0 Å². The summed E-state index contributed by atoms with van der Waals surface area (Å²) in [5.74, 6) is -0.916. The van der Waals surface area contributed by atoms with Crippen molar-refractivity contribution >= 4 is 12.0 Å². The first-order valence-corrected chi connectivity index (χ1v) is 7.44. The van der Waals surface area contributed by atoms with Gasteiger partial charge in [-0.3, -0.25) is 0 Å². The van der Waals surface area contributed by atoms with Gasteiger partial charge in [0.1, 0.15) is 5.54 Å². The quantitative estimate of drug-likeness (QED) is 0.622. The number of rotatable bonds is 9. The van der Waals surface area contributed by atoms with Crippen LogP contribution in [0.2, 0.25) is 0 Å². The molecule has 0 aromatic rings. The Balaban J connectivity index is 2.33. The Morgan fingerprint density at radius 1 is 1.33 bits per heavy atom. The first kappa shape index (κ1) is 17.7. The lowest BCUT2D eigenvalue weighted by Crippen LogP contribution is -2.55. The predicted molar refractivity (Wildman–Crippen MR) is 77.3 cm³/mol. The van der Waals surface area contributed by atoms with E-state index in [1.165, 1.54) is 4.90 Å². The molecule has 7 nitrogen and oxygen atoms in total. The number of nitrogens with zero attached hydrogens (tertiary/aromatic N) is 1. The van der Waals surface area contributed by atoms with E-state index in [2.05, 4.69) is 5.32 Å². The van der Waals surface area contributed by atoms with E-state index in [9.17, 15) is 14.7 Å². The summed E-state index contributed by atoms with van der Waals surface area (Å²) in [5, 5.41) is 12.2. The zero-order valence-electron chi connectivity index (χ0n) is 12.9. The molecule has 0 aromatic carbocycles. The third-order valence-corrected chi connectivity index (χ3v) is 3.89. The fourth-order valence-electron chi connectivity index (χ4n) is 2.63. The van der Waals surface area contributed by atoms with E-state index in [-0.39, 0.29) is 6.03 Å². The van der Waals surface area contributed by atoms with Crippen molar-refractivity contribution in [2.45, 2.75) is 38.1 Å². The van der Waals surface area contributed by atoms with Crippen LogP contribution in [-0.2, 0) is 14.3 Å². The molecule has 2 amide bonds. The summed E-state index contributed by atoms with van der Waals surface area (Å²) >= 11 is 0. The zero-order chi connectivity index (χ0) is 15.7. The van der Waals surface area contributed by atoms with E-state index in [1.54, 1.807) is 7.11 Å². The molecule has 2 N–H and O–H groups in total. The largest absolute Gasteiger partial charge is 0.479 e. The Morgan fingerprint density at radius 2 is 2.10 bits per heavy atom. The molecule has 1 rings (SSSR count). The van der Waals surface area contributed by atoms with Crippen molar-refractivity contribution in [2.75, 3.05) is 40.0 Å². The summed E-state index contributed by atoms with van der Waals surface area (Å²) in [5.41, 5.74) is -1.04. The van der Waals surface area contributed by atoms with Gasteiger partial charge in [-0.25, -0.2) is 9.59 Å². The predicted octanol–water partition coefficient (Wildman–Crippen LogP) is 1.08. The molecule has 1 aliphatic rings. The van der Waals surface area contributed by atoms with Crippen molar-refractivity contribution in [1.29, 1.82) is 0 Å². The first-order chi connectivity index (χ1) is 10.1. The Kier molecular flexibility index (Phi) is 7.45. The second kappa shape index (κ2) is 8.84. The zero-order valence-corrected chi connectivity index (χ0v) is 12.9. The molecule has 0 radical (unpaired) electrons. The minimum atomic E-state index is -1.04. The summed E-state index contributed by atoms with van der Waals surface area (Å²) in [6.07, 6.45) is 2.37. The fourth-order valence-corrected chi connectivity index (χ4v) is 2.63. The maximum absolute atomic E-state index is 12.2. The fraction of sp³-hybridized carbons (Fsp3) is 0.857. The highest BCUT2D eigenvalue weighted by Gasteiger charge is 2.48. The summed E-state index contributed by atoms with van der Waals surface area (Å²) in [6, 6.07) is -0.298. The van der Waals surface area contributed by atoms with Crippen molar-refractivity contribution in [3.05, 3.63) is 0 Å². The molecular weight excluding hydrogens is 276 g/mol. The average Bonchev–Trinajstić information content (AvgIpc) is 2.91. The van der Waals surface area contributed by atoms with Gasteiger partial charge in [-0.2, -0.15) is 0 Å². The van der Waals surface area contributed by atoms with Gasteiger partial charge < -0.3 is 24.8 Å². The molecule has 1 atom stereocenters. The van der Waals surface area contributed by atoms with Crippen LogP contribution in [0.25, 0.3) is 0 Å². The summed E-state index contributed by atoms with van der Waals surface area (Å²) < 4.78 is 10.2. The lowest BCUT2D eigenvalue weighted by molar-refractivity contribution is -0.148. The number of aliphatic carboxylic acids is 1. The van der Waals surface area contributed by atoms with E-state index >= 15 is 0 Å². The summed E-state index contributed by atoms with van der Waals surface area (Å²) in [4.78, 5) is 25.1. The summed E-state index contributed by atoms with van der Waals surface area (Å²) in [7, 11) is 1.61. The molecule has 0 saturated carbocycles. The number of carbonyl (C=O) groups is 2. The number of carboxylic acids is 1. The molecule has 21 heavy (non-hydrogen) atoms. The molecule has 0 aliphatic carbocycles. The van der Waals surface area contributed by atoms with Crippen molar-refractivity contribution < 1.29 is 24.2 Å². The number of hydrogen-bond donors (Lipinski definition) is 2. The van der Waals surface area contributed by atoms with E-state index in [4.69, 9.17) is 9.47 Å². The second-order valence-electron chi connectivity index (χ2n) is 5.14. The number of carbonyl (C=O) groups excluding carboxylic acids is 1. The smallest absolute Gasteiger partial charge is 0.329 e. The lowest BCUT2D eigenvalue weighted by atomic mass is 9.93. The molecule has 122 valence electrons. The van der Waals surface area contributed by atoms with Crippen LogP contribution < -0.4 is 5.32 Å². The SMILES string of the molecule is CCC1(C(=O)O)CCCN1C(=O)NCCCOCCOC. The van der Waals surface area contributed by atoms with Gasteiger partial charge in [-0.15, -0.1) is 0 Å². The number of nitrogens with one attached hydrogen (secondary N) is 1. The van der Waals surface area contributed by atoms with Gasteiger partial charge in [0, 0.05) is 26.8 Å². The highest BCUT2D eigenvalue weighted by atomic mass is 16.5. The lowest BCUT2D eigenvalue weighted by Gasteiger charge is -2.33. The molecule has 1 fully saturated rings.